The molecule has 2 fully saturated rings. The molecule has 0 aliphatic carbocycles. The summed E-state index contributed by atoms with van der Waals surface area (Å²) < 4.78 is 31.9. The third kappa shape index (κ3) is 3.95. The number of likely N-dealkylation sites (tertiary alicyclic amines) is 1. The molecule has 1 atom stereocenters. The van der Waals surface area contributed by atoms with E-state index in [0.29, 0.717) is 38.4 Å². The molecule has 4 rings (SSSR count). The monoisotopic (exact) mass is 433 g/mol. The SMILES string of the molecule is CCCS(=O)(=O)N1CCCC1C(=O)N1CCC(c2c[nH]c3ccc(OC)cc23)CC1. The number of rotatable bonds is 6. The third-order valence-corrected chi connectivity index (χ3v) is 8.55. The van der Waals surface area contributed by atoms with E-state index in [4.69, 9.17) is 4.74 Å². The molecule has 7 nitrogen and oxygen atoms in total. The lowest BCUT2D eigenvalue weighted by Crippen LogP contribution is -2.50. The van der Waals surface area contributed by atoms with E-state index in [0.717, 1.165) is 30.5 Å². The Balaban J connectivity index is 1.44. The fourth-order valence-electron chi connectivity index (χ4n) is 4.90. The molecular weight excluding hydrogens is 402 g/mol. The average molecular weight is 434 g/mol. The van der Waals surface area contributed by atoms with E-state index in [1.165, 1.54) is 15.3 Å². The molecule has 8 heteroatoms. The Labute approximate surface area is 178 Å². The van der Waals surface area contributed by atoms with Gasteiger partial charge in [-0.25, -0.2) is 8.42 Å². The van der Waals surface area contributed by atoms with Crippen LogP contribution in [0.2, 0.25) is 0 Å². The van der Waals surface area contributed by atoms with Crippen molar-refractivity contribution in [3.63, 3.8) is 0 Å². The molecule has 1 unspecified atom stereocenters. The van der Waals surface area contributed by atoms with Crippen LogP contribution < -0.4 is 4.74 Å². The van der Waals surface area contributed by atoms with Gasteiger partial charge in [0.15, 0.2) is 0 Å². The largest absolute Gasteiger partial charge is 0.497 e. The highest BCUT2D eigenvalue weighted by atomic mass is 32.2. The number of aromatic amines is 1. The van der Waals surface area contributed by atoms with Crippen LogP contribution in [0.3, 0.4) is 0 Å². The molecule has 1 amide bonds. The molecule has 2 aliphatic rings. The van der Waals surface area contributed by atoms with Gasteiger partial charge in [-0.1, -0.05) is 6.92 Å². The van der Waals surface area contributed by atoms with Crippen molar-refractivity contribution in [3.05, 3.63) is 30.0 Å². The highest BCUT2D eigenvalue weighted by Gasteiger charge is 2.40. The topological polar surface area (TPSA) is 82.7 Å². The fraction of sp³-hybridized carbons (Fsp3) is 0.591. The van der Waals surface area contributed by atoms with Gasteiger partial charge in [0.2, 0.25) is 15.9 Å². The number of ether oxygens (including phenoxy) is 1. The van der Waals surface area contributed by atoms with Gasteiger partial charge in [-0.05, 0) is 61.8 Å². The Morgan fingerprint density at radius 2 is 1.97 bits per heavy atom. The number of nitrogens with one attached hydrogen (secondary N) is 1. The number of H-pyrrole nitrogens is 1. The van der Waals surface area contributed by atoms with Crippen LogP contribution in [0.1, 0.15) is 50.5 Å². The number of sulfonamides is 1. The summed E-state index contributed by atoms with van der Waals surface area (Å²) in [6, 6.07) is 5.52. The van der Waals surface area contributed by atoms with E-state index in [-0.39, 0.29) is 11.7 Å². The fourth-order valence-corrected chi connectivity index (χ4v) is 6.64. The summed E-state index contributed by atoms with van der Waals surface area (Å²) in [7, 11) is -1.68. The molecule has 0 radical (unpaired) electrons. The maximum Gasteiger partial charge on any atom is 0.241 e. The molecule has 0 saturated carbocycles. The molecule has 1 aromatic carbocycles. The van der Waals surface area contributed by atoms with Crippen molar-refractivity contribution in [1.29, 1.82) is 0 Å². The number of hydrogen-bond donors (Lipinski definition) is 1. The second-order valence-electron chi connectivity index (χ2n) is 8.34. The van der Waals surface area contributed by atoms with Crippen LogP contribution in [0.25, 0.3) is 10.9 Å². The van der Waals surface area contributed by atoms with Crippen LogP contribution >= 0.6 is 0 Å². The van der Waals surface area contributed by atoms with Gasteiger partial charge in [0.25, 0.3) is 0 Å². The first-order valence-corrected chi connectivity index (χ1v) is 12.5. The van der Waals surface area contributed by atoms with Crippen molar-refractivity contribution in [2.24, 2.45) is 0 Å². The second-order valence-corrected chi connectivity index (χ2v) is 10.4. The Bertz CT molecular complexity index is 1010. The van der Waals surface area contributed by atoms with Gasteiger partial charge in [0.1, 0.15) is 11.8 Å². The van der Waals surface area contributed by atoms with Gasteiger partial charge in [-0.15, -0.1) is 0 Å². The van der Waals surface area contributed by atoms with Crippen molar-refractivity contribution in [3.8, 4) is 5.75 Å². The molecule has 1 aromatic heterocycles. The molecule has 30 heavy (non-hydrogen) atoms. The number of benzene rings is 1. The zero-order valence-corrected chi connectivity index (χ0v) is 18.6. The van der Waals surface area contributed by atoms with Crippen molar-refractivity contribution < 1.29 is 17.9 Å². The minimum absolute atomic E-state index is 0.0220. The molecule has 2 saturated heterocycles. The maximum atomic E-state index is 13.1. The zero-order chi connectivity index (χ0) is 21.3. The van der Waals surface area contributed by atoms with E-state index < -0.39 is 16.1 Å². The second kappa shape index (κ2) is 8.59. The van der Waals surface area contributed by atoms with Crippen molar-refractivity contribution in [1.82, 2.24) is 14.2 Å². The third-order valence-electron chi connectivity index (χ3n) is 6.48. The van der Waals surface area contributed by atoms with Gasteiger partial charge in [-0.3, -0.25) is 4.79 Å². The number of aromatic nitrogens is 1. The predicted octanol–water partition coefficient (Wildman–Crippen LogP) is 3.09. The van der Waals surface area contributed by atoms with E-state index in [1.807, 2.05) is 24.0 Å². The Morgan fingerprint density at radius 3 is 2.67 bits per heavy atom. The Morgan fingerprint density at radius 1 is 1.20 bits per heavy atom. The lowest BCUT2D eigenvalue weighted by molar-refractivity contribution is -0.135. The van der Waals surface area contributed by atoms with Crippen LogP contribution in [0.5, 0.6) is 5.75 Å². The number of amides is 1. The summed E-state index contributed by atoms with van der Waals surface area (Å²) in [5, 5.41) is 1.17. The van der Waals surface area contributed by atoms with Crippen molar-refractivity contribution in [2.75, 3.05) is 32.5 Å². The molecule has 2 aliphatic heterocycles. The summed E-state index contributed by atoms with van der Waals surface area (Å²) in [5.41, 5.74) is 2.36. The summed E-state index contributed by atoms with van der Waals surface area (Å²) in [4.78, 5) is 18.4. The minimum atomic E-state index is -3.35. The zero-order valence-electron chi connectivity index (χ0n) is 17.8. The van der Waals surface area contributed by atoms with Gasteiger partial charge < -0.3 is 14.6 Å². The molecule has 1 N–H and O–H groups in total. The molecule has 2 aromatic rings. The summed E-state index contributed by atoms with van der Waals surface area (Å²) >= 11 is 0. The summed E-state index contributed by atoms with van der Waals surface area (Å²) in [5.74, 6) is 1.30. The number of fused-ring (bicyclic) bond motifs is 1. The number of carbonyl (C=O) groups excluding carboxylic acids is 1. The normalized spacial score (nSPS) is 21.4. The Kier molecular flexibility index (Phi) is 6.06. The minimum Gasteiger partial charge on any atom is -0.497 e. The van der Waals surface area contributed by atoms with Crippen LogP contribution in [-0.2, 0) is 14.8 Å². The van der Waals surface area contributed by atoms with Crippen LogP contribution in [0.4, 0.5) is 0 Å². The van der Waals surface area contributed by atoms with Crippen LogP contribution in [0.15, 0.2) is 24.4 Å². The highest BCUT2D eigenvalue weighted by Crippen LogP contribution is 2.35. The first kappa shape index (κ1) is 21.2. The van der Waals surface area contributed by atoms with E-state index in [2.05, 4.69) is 17.2 Å². The van der Waals surface area contributed by atoms with Crippen molar-refractivity contribution >= 4 is 26.8 Å². The number of methoxy groups -OCH3 is 1. The first-order chi connectivity index (χ1) is 14.4. The van der Waals surface area contributed by atoms with Crippen LogP contribution in [-0.4, -0.2) is 67.1 Å². The number of piperidine rings is 1. The van der Waals surface area contributed by atoms with E-state index >= 15 is 0 Å². The molecule has 164 valence electrons. The van der Waals surface area contributed by atoms with Gasteiger partial charge in [-0.2, -0.15) is 4.31 Å². The highest BCUT2D eigenvalue weighted by molar-refractivity contribution is 7.89. The maximum absolute atomic E-state index is 13.1. The van der Waals surface area contributed by atoms with Gasteiger partial charge >= 0.3 is 0 Å². The van der Waals surface area contributed by atoms with Crippen LogP contribution in [0, 0.1) is 0 Å². The smallest absolute Gasteiger partial charge is 0.241 e. The lowest BCUT2D eigenvalue weighted by Gasteiger charge is -2.35. The average Bonchev–Trinajstić information content (AvgIpc) is 3.40. The van der Waals surface area contributed by atoms with E-state index in [1.54, 1.807) is 7.11 Å². The number of carbonyl (C=O) groups is 1. The number of nitrogens with zero attached hydrogens (tertiary/aromatic N) is 2. The van der Waals surface area contributed by atoms with Gasteiger partial charge in [0.05, 0.1) is 12.9 Å². The molecule has 3 heterocycles. The lowest BCUT2D eigenvalue weighted by atomic mass is 9.89. The van der Waals surface area contributed by atoms with Crippen molar-refractivity contribution in [2.45, 2.75) is 51.0 Å². The standard InChI is InChI=1S/C22H31N3O4S/c1-3-13-30(27,28)25-10-4-5-21(25)22(26)24-11-8-16(9-12-24)19-15-23-20-7-6-17(29-2)14-18(19)20/h6-7,14-16,21,23H,3-5,8-13H2,1-2H3. The molecule has 0 bridgehead atoms. The quantitative estimate of drug-likeness (QED) is 0.759. The van der Waals surface area contributed by atoms with E-state index in [9.17, 15) is 13.2 Å². The Hall–Kier alpha value is -2.06. The van der Waals surface area contributed by atoms with Gasteiger partial charge in [0, 0.05) is 36.7 Å². The molecule has 0 spiro atoms. The first-order valence-electron chi connectivity index (χ1n) is 10.9. The molecular formula is C22H31N3O4S. The summed E-state index contributed by atoms with van der Waals surface area (Å²) in [6.07, 6.45) is 5.79. The number of hydrogen-bond acceptors (Lipinski definition) is 4. The predicted molar refractivity (Wildman–Crippen MR) is 117 cm³/mol. The summed E-state index contributed by atoms with van der Waals surface area (Å²) in [6.45, 7) is 3.65.